The number of nitrogens with zero attached hydrogens (tertiary/aromatic N) is 2. The Morgan fingerprint density at radius 1 is 1.17 bits per heavy atom. The number of carbonyl (C=O) groups is 3. The highest BCUT2D eigenvalue weighted by atomic mass is 16.6. The summed E-state index contributed by atoms with van der Waals surface area (Å²) in [6, 6.07) is -0.888. The molecule has 29 heavy (non-hydrogen) atoms. The number of carbonyl (C=O) groups excluding carboxylic acids is 3. The number of likely N-dealkylation sites (tertiary alicyclic amines) is 1. The first-order valence-electron chi connectivity index (χ1n) is 10.4. The largest absolute Gasteiger partial charge is 0.461 e. The molecule has 158 valence electrons. The molecule has 4 aliphatic heterocycles. The lowest BCUT2D eigenvalue weighted by atomic mass is 9.78. The van der Waals surface area contributed by atoms with Gasteiger partial charge in [0.15, 0.2) is 0 Å². The highest BCUT2D eigenvalue weighted by Crippen LogP contribution is 2.53. The zero-order valence-electron chi connectivity index (χ0n) is 16.7. The van der Waals surface area contributed by atoms with Crippen molar-refractivity contribution in [2.75, 3.05) is 32.8 Å². The van der Waals surface area contributed by atoms with Gasteiger partial charge in [0.25, 0.3) is 0 Å². The monoisotopic (exact) mass is 404 g/mol. The number of β-amino-alcohol motifs (C(OH)–C–C–N with tert-alkyl or cyclic N) is 1. The number of rotatable bonds is 6. The highest BCUT2D eigenvalue weighted by molar-refractivity contribution is 5.99. The van der Waals surface area contributed by atoms with Gasteiger partial charge in [0.1, 0.15) is 24.2 Å². The van der Waals surface area contributed by atoms with Crippen molar-refractivity contribution in [3.63, 3.8) is 0 Å². The Kier molecular flexibility index (Phi) is 5.48. The van der Waals surface area contributed by atoms with Gasteiger partial charge in [-0.1, -0.05) is 38.0 Å². The lowest BCUT2D eigenvalue weighted by molar-refractivity contribution is -0.153. The quantitative estimate of drug-likeness (QED) is 0.388. The van der Waals surface area contributed by atoms with Crippen molar-refractivity contribution >= 4 is 17.8 Å². The minimum atomic E-state index is -1.22. The molecule has 0 aliphatic carbocycles. The van der Waals surface area contributed by atoms with E-state index in [1.165, 1.54) is 4.90 Å². The van der Waals surface area contributed by atoms with Crippen LogP contribution in [0.5, 0.6) is 0 Å². The fourth-order valence-corrected chi connectivity index (χ4v) is 5.12. The molecule has 0 aromatic rings. The number of fused-ring (bicyclic) bond motifs is 2. The lowest BCUT2D eigenvalue weighted by Gasteiger charge is -2.35. The molecule has 2 fully saturated rings. The van der Waals surface area contributed by atoms with E-state index in [1.807, 2.05) is 6.08 Å². The Morgan fingerprint density at radius 2 is 2.00 bits per heavy atom. The minimum Gasteiger partial charge on any atom is -0.461 e. The number of hydrogen-bond donors (Lipinski definition) is 1. The molecule has 1 spiro atoms. The summed E-state index contributed by atoms with van der Waals surface area (Å²) in [5.74, 6) is -2.64. The third kappa shape index (κ3) is 3.09. The van der Waals surface area contributed by atoms with Crippen molar-refractivity contribution in [2.24, 2.45) is 11.8 Å². The number of hydrogen-bond acceptors (Lipinski definition) is 6. The third-order valence-corrected chi connectivity index (χ3v) is 6.37. The smallest absolute Gasteiger partial charge is 0.313 e. The molecule has 0 aromatic heterocycles. The number of ether oxygens (including phenoxy) is 2. The van der Waals surface area contributed by atoms with Gasteiger partial charge in [-0.2, -0.15) is 0 Å². The molecule has 2 amide bonds. The Bertz CT molecular complexity index is 749. The summed E-state index contributed by atoms with van der Waals surface area (Å²) in [6.07, 6.45) is 9.47. The molecule has 2 saturated heterocycles. The third-order valence-electron chi connectivity index (χ3n) is 6.37. The standard InChI is InChI=1S/C21H28N2O6/c1-2-3-4-9-22-10-6-8-21-16(15-14(29-21)7-5-13-28-20(15)27)18(25)23(11-12-24)17(21)19(22)26/h5-8,14-17,24H,2-4,9-13H2,1H3/t14-,15+,16+,17-,21?/m1/s1. The molecule has 0 aromatic carbocycles. The first-order valence-corrected chi connectivity index (χ1v) is 10.4. The number of aliphatic hydroxyl groups is 1. The summed E-state index contributed by atoms with van der Waals surface area (Å²) in [5, 5.41) is 9.54. The molecule has 8 heteroatoms. The minimum absolute atomic E-state index is 0.0236. The zero-order valence-corrected chi connectivity index (χ0v) is 16.7. The molecule has 1 unspecified atom stereocenters. The van der Waals surface area contributed by atoms with Crippen LogP contribution in [0.3, 0.4) is 0 Å². The second-order valence-electron chi connectivity index (χ2n) is 8.05. The zero-order chi connectivity index (χ0) is 20.6. The maximum atomic E-state index is 13.5. The topological polar surface area (TPSA) is 96.4 Å². The Hall–Kier alpha value is -2.19. The molecular formula is C21H28N2O6. The van der Waals surface area contributed by atoms with E-state index in [0.29, 0.717) is 13.1 Å². The van der Waals surface area contributed by atoms with Crippen molar-refractivity contribution in [3.8, 4) is 0 Å². The first kappa shape index (κ1) is 20.1. The van der Waals surface area contributed by atoms with Crippen LogP contribution in [0.2, 0.25) is 0 Å². The number of aliphatic hydroxyl groups excluding tert-OH is 1. The molecule has 5 atom stereocenters. The average Bonchev–Trinajstić information content (AvgIpc) is 2.99. The van der Waals surface area contributed by atoms with E-state index in [-0.39, 0.29) is 31.6 Å². The maximum Gasteiger partial charge on any atom is 0.313 e. The van der Waals surface area contributed by atoms with Crippen LogP contribution in [0.25, 0.3) is 0 Å². The number of cyclic esters (lactones) is 1. The van der Waals surface area contributed by atoms with Gasteiger partial charge in [0.05, 0.1) is 18.6 Å². The molecule has 0 saturated carbocycles. The highest BCUT2D eigenvalue weighted by Gasteiger charge is 2.71. The van der Waals surface area contributed by atoms with Crippen LogP contribution in [0.15, 0.2) is 24.3 Å². The van der Waals surface area contributed by atoms with Crippen molar-refractivity contribution in [1.82, 2.24) is 9.80 Å². The first-order chi connectivity index (χ1) is 14.0. The normalized spacial score (nSPS) is 35.9. The van der Waals surface area contributed by atoms with Gasteiger partial charge in [-0.15, -0.1) is 0 Å². The van der Waals surface area contributed by atoms with Crippen LogP contribution in [0.4, 0.5) is 0 Å². The van der Waals surface area contributed by atoms with Gasteiger partial charge in [-0.25, -0.2) is 0 Å². The number of unbranched alkanes of at least 4 members (excludes halogenated alkanes) is 2. The Balaban J connectivity index is 1.73. The summed E-state index contributed by atoms with van der Waals surface area (Å²) < 4.78 is 11.6. The van der Waals surface area contributed by atoms with Crippen molar-refractivity contribution in [1.29, 1.82) is 0 Å². The van der Waals surface area contributed by atoms with Crippen molar-refractivity contribution in [2.45, 2.75) is 43.9 Å². The Morgan fingerprint density at radius 3 is 2.76 bits per heavy atom. The van der Waals surface area contributed by atoms with Gasteiger partial charge in [0.2, 0.25) is 11.8 Å². The summed E-state index contributed by atoms with van der Waals surface area (Å²) in [5.41, 5.74) is -1.22. The van der Waals surface area contributed by atoms with Gasteiger partial charge < -0.3 is 24.4 Å². The molecule has 1 N–H and O–H groups in total. The van der Waals surface area contributed by atoms with Crippen molar-refractivity contribution in [3.05, 3.63) is 24.3 Å². The van der Waals surface area contributed by atoms with Gasteiger partial charge in [-0.3, -0.25) is 14.4 Å². The molecular weight excluding hydrogens is 376 g/mol. The SMILES string of the molecule is CCCCCN1CC=CC23O[C@@H]4C=CCOC(=O)[C@@H]4[C@H]2C(=O)N(CCO)[C@@H]3C1=O. The number of amides is 2. The van der Waals surface area contributed by atoms with Crippen LogP contribution >= 0.6 is 0 Å². The van der Waals surface area contributed by atoms with Gasteiger partial charge >= 0.3 is 5.97 Å². The second kappa shape index (κ2) is 7.91. The van der Waals surface area contributed by atoms with Crippen LogP contribution < -0.4 is 0 Å². The molecule has 8 nitrogen and oxygen atoms in total. The van der Waals surface area contributed by atoms with E-state index in [1.54, 1.807) is 23.1 Å². The predicted molar refractivity (Wildman–Crippen MR) is 103 cm³/mol. The van der Waals surface area contributed by atoms with Crippen LogP contribution in [0, 0.1) is 11.8 Å². The van der Waals surface area contributed by atoms with Crippen LogP contribution in [-0.2, 0) is 23.9 Å². The van der Waals surface area contributed by atoms with Crippen molar-refractivity contribution < 1.29 is 29.0 Å². The van der Waals surface area contributed by atoms with E-state index in [4.69, 9.17) is 9.47 Å². The van der Waals surface area contributed by atoms with E-state index >= 15 is 0 Å². The van der Waals surface area contributed by atoms with E-state index in [9.17, 15) is 19.5 Å². The summed E-state index contributed by atoms with van der Waals surface area (Å²) >= 11 is 0. The molecule has 0 bridgehead atoms. The predicted octanol–water partition coefficient (Wildman–Crippen LogP) is 0.261. The van der Waals surface area contributed by atoms with E-state index in [0.717, 1.165) is 19.3 Å². The molecule has 4 rings (SSSR count). The fourth-order valence-electron chi connectivity index (χ4n) is 5.12. The molecule has 0 radical (unpaired) electrons. The summed E-state index contributed by atoms with van der Waals surface area (Å²) in [6.45, 7) is 3.04. The molecule has 4 heterocycles. The lowest BCUT2D eigenvalue weighted by Crippen LogP contribution is -2.55. The van der Waals surface area contributed by atoms with E-state index < -0.39 is 35.6 Å². The fraction of sp³-hybridized carbons (Fsp3) is 0.667. The second-order valence-corrected chi connectivity index (χ2v) is 8.05. The number of esters is 1. The maximum absolute atomic E-state index is 13.5. The summed E-state index contributed by atoms with van der Waals surface area (Å²) in [4.78, 5) is 42.7. The van der Waals surface area contributed by atoms with Gasteiger partial charge in [-0.05, 0) is 12.5 Å². The van der Waals surface area contributed by atoms with E-state index in [2.05, 4.69) is 6.92 Å². The van der Waals surface area contributed by atoms with Gasteiger partial charge in [0, 0.05) is 19.6 Å². The molecule has 4 aliphatic rings. The van der Waals surface area contributed by atoms with Crippen LogP contribution in [-0.4, -0.2) is 83.3 Å². The Labute approximate surface area is 170 Å². The summed E-state index contributed by atoms with van der Waals surface area (Å²) in [7, 11) is 0. The van der Waals surface area contributed by atoms with Crippen LogP contribution in [0.1, 0.15) is 26.2 Å². The average molecular weight is 404 g/mol.